The van der Waals surface area contributed by atoms with Crippen molar-refractivity contribution < 1.29 is 9.53 Å². The fourth-order valence-electron chi connectivity index (χ4n) is 3.70. The van der Waals surface area contributed by atoms with E-state index in [4.69, 9.17) is 4.74 Å². The molecule has 4 nitrogen and oxygen atoms in total. The summed E-state index contributed by atoms with van der Waals surface area (Å²) in [5, 5.41) is 3.12. The van der Waals surface area contributed by atoms with Crippen molar-refractivity contribution in [3.05, 3.63) is 35.9 Å². The normalized spacial score (nSPS) is 23.6. The first-order valence-electron chi connectivity index (χ1n) is 8.95. The Bertz CT molecular complexity index is 485. The van der Waals surface area contributed by atoms with Gasteiger partial charge in [0.15, 0.2) is 0 Å². The largest absolute Gasteiger partial charge is 0.381 e. The number of nitrogens with one attached hydrogen (secondary N) is 1. The Hall–Kier alpha value is -1.39. The van der Waals surface area contributed by atoms with E-state index < -0.39 is 0 Å². The molecule has 1 N–H and O–H groups in total. The summed E-state index contributed by atoms with van der Waals surface area (Å²) in [5.74, 6) is 1.00. The monoisotopic (exact) mass is 316 g/mol. The smallest absolute Gasteiger partial charge is 0.223 e. The zero-order valence-corrected chi connectivity index (χ0v) is 13.9. The maximum atomic E-state index is 12.1. The molecule has 0 bridgehead atoms. The molecule has 1 aromatic carbocycles. The van der Waals surface area contributed by atoms with Gasteiger partial charge in [0.1, 0.15) is 0 Å². The predicted octanol–water partition coefficient (Wildman–Crippen LogP) is 2.41. The van der Waals surface area contributed by atoms with E-state index in [0.29, 0.717) is 5.92 Å². The summed E-state index contributed by atoms with van der Waals surface area (Å²) in [7, 11) is 0. The number of nitrogens with zero attached hydrogens (tertiary/aromatic N) is 1. The maximum absolute atomic E-state index is 12.1. The summed E-state index contributed by atoms with van der Waals surface area (Å²) in [6.07, 6.45) is 4.25. The SMILES string of the molecule is O=C(NCCN1CCC[C@H](c2ccccc2)C1)C1CCOCC1. The number of likely N-dealkylation sites (tertiary alicyclic amines) is 1. The van der Waals surface area contributed by atoms with Crippen molar-refractivity contribution in [2.24, 2.45) is 5.92 Å². The summed E-state index contributed by atoms with van der Waals surface area (Å²) >= 11 is 0. The molecule has 1 aromatic rings. The predicted molar refractivity (Wildman–Crippen MR) is 91.4 cm³/mol. The zero-order valence-electron chi connectivity index (χ0n) is 13.9. The van der Waals surface area contributed by atoms with E-state index in [1.165, 1.54) is 18.4 Å². The lowest BCUT2D eigenvalue weighted by atomic mass is 9.91. The summed E-state index contributed by atoms with van der Waals surface area (Å²) in [4.78, 5) is 14.6. The molecule has 126 valence electrons. The van der Waals surface area contributed by atoms with Gasteiger partial charge in [-0.05, 0) is 43.7 Å². The maximum Gasteiger partial charge on any atom is 0.223 e. The van der Waals surface area contributed by atoms with Gasteiger partial charge in [-0.1, -0.05) is 30.3 Å². The lowest BCUT2D eigenvalue weighted by molar-refractivity contribution is -0.127. The van der Waals surface area contributed by atoms with Crippen LogP contribution >= 0.6 is 0 Å². The Balaban J connectivity index is 1.40. The third-order valence-electron chi connectivity index (χ3n) is 5.10. The molecule has 0 unspecified atom stereocenters. The Labute approximate surface area is 139 Å². The topological polar surface area (TPSA) is 41.6 Å². The van der Waals surface area contributed by atoms with Crippen LogP contribution in [-0.2, 0) is 9.53 Å². The highest BCUT2D eigenvalue weighted by molar-refractivity contribution is 5.78. The Morgan fingerprint density at radius 2 is 1.96 bits per heavy atom. The minimum Gasteiger partial charge on any atom is -0.381 e. The van der Waals surface area contributed by atoms with Crippen molar-refractivity contribution in [3.63, 3.8) is 0 Å². The molecule has 0 spiro atoms. The quantitative estimate of drug-likeness (QED) is 0.907. The zero-order chi connectivity index (χ0) is 15.9. The van der Waals surface area contributed by atoms with E-state index in [1.54, 1.807) is 0 Å². The number of rotatable bonds is 5. The van der Waals surface area contributed by atoms with Crippen molar-refractivity contribution >= 4 is 5.91 Å². The molecule has 1 atom stereocenters. The molecule has 1 amide bonds. The van der Waals surface area contributed by atoms with Crippen LogP contribution in [0.25, 0.3) is 0 Å². The number of piperidine rings is 1. The Morgan fingerprint density at radius 1 is 1.17 bits per heavy atom. The molecule has 2 fully saturated rings. The third kappa shape index (κ3) is 4.79. The van der Waals surface area contributed by atoms with Crippen LogP contribution in [0.3, 0.4) is 0 Å². The second kappa shape index (κ2) is 8.46. The summed E-state index contributed by atoms with van der Waals surface area (Å²) in [5.41, 5.74) is 1.45. The second-order valence-electron chi connectivity index (χ2n) is 6.73. The van der Waals surface area contributed by atoms with Crippen LogP contribution in [0.4, 0.5) is 0 Å². The molecule has 0 aromatic heterocycles. The van der Waals surface area contributed by atoms with Crippen LogP contribution in [0.1, 0.15) is 37.2 Å². The first kappa shape index (κ1) is 16.5. The van der Waals surface area contributed by atoms with Gasteiger partial charge >= 0.3 is 0 Å². The molecule has 3 rings (SSSR count). The van der Waals surface area contributed by atoms with Gasteiger partial charge in [-0.3, -0.25) is 4.79 Å². The molecule has 0 saturated carbocycles. The highest BCUT2D eigenvalue weighted by Crippen LogP contribution is 2.26. The molecule has 4 heteroatoms. The molecule has 2 aliphatic rings. The standard InChI is InChI=1S/C19H28N2O2/c22-19(17-8-13-23-14-9-17)20-10-12-21-11-4-7-18(15-21)16-5-2-1-3-6-16/h1-3,5-6,17-18H,4,7-15H2,(H,20,22)/t18-/m0/s1. The Morgan fingerprint density at radius 3 is 2.74 bits per heavy atom. The number of hydrogen-bond donors (Lipinski definition) is 1. The molecule has 2 heterocycles. The van der Waals surface area contributed by atoms with E-state index in [0.717, 1.165) is 52.2 Å². The second-order valence-corrected chi connectivity index (χ2v) is 6.73. The van der Waals surface area contributed by atoms with Gasteiger partial charge in [-0.2, -0.15) is 0 Å². The van der Waals surface area contributed by atoms with Crippen molar-refractivity contribution in [1.29, 1.82) is 0 Å². The van der Waals surface area contributed by atoms with E-state index >= 15 is 0 Å². The summed E-state index contributed by atoms with van der Waals surface area (Å²) in [6.45, 7) is 5.43. The number of ether oxygens (including phenoxy) is 1. The number of benzene rings is 1. The minimum atomic E-state index is 0.155. The van der Waals surface area contributed by atoms with Gasteiger partial charge in [0, 0.05) is 38.8 Å². The van der Waals surface area contributed by atoms with Crippen molar-refractivity contribution in [1.82, 2.24) is 10.2 Å². The third-order valence-corrected chi connectivity index (χ3v) is 5.10. The fraction of sp³-hybridized carbons (Fsp3) is 0.632. The molecular formula is C19H28N2O2. The fourth-order valence-corrected chi connectivity index (χ4v) is 3.70. The number of amides is 1. The van der Waals surface area contributed by atoms with Crippen LogP contribution in [0.15, 0.2) is 30.3 Å². The number of carbonyl (C=O) groups excluding carboxylic acids is 1. The van der Waals surface area contributed by atoms with Crippen molar-refractivity contribution in [2.45, 2.75) is 31.6 Å². The highest BCUT2D eigenvalue weighted by atomic mass is 16.5. The number of hydrogen-bond acceptors (Lipinski definition) is 3. The lowest BCUT2D eigenvalue weighted by Gasteiger charge is -2.33. The van der Waals surface area contributed by atoms with Crippen molar-refractivity contribution in [2.75, 3.05) is 39.4 Å². The average Bonchev–Trinajstić information content (AvgIpc) is 2.63. The molecular weight excluding hydrogens is 288 g/mol. The van der Waals surface area contributed by atoms with E-state index in [-0.39, 0.29) is 11.8 Å². The van der Waals surface area contributed by atoms with Crippen LogP contribution in [0.5, 0.6) is 0 Å². The van der Waals surface area contributed by atoms with Gasteiger partial charge in [-0.15, -0.1) is 0 Å². The van der Waals surface area contributed by atoms with Gasteiger partial charge in [0.2, 0.25) is 5.91 Å². The van der Waals surface area contributed by atoms with Gasteiger partial charge in [0.05, 0.1) is 0 Å². The van der Waals surface area contributed by atoms with Crippen LogP contribution in [0.2, 0.25) is 0 Å². The lowest BCUT2D eigenvalue weighted by Crippen LogP contribution is -2.42. The van der Waals surface area contributed by atoms with E-state index in [9.17, 15) is 4.79 Å². The minimum absolute atomic E-state index is 0.155. The highest BCUT2D eigenvalue weighted by Gasteiger charge is 2.23. The Kier molecular flexibility index (Phi) is 6.06. The molecule has 23 heavy (non-hydrogen) atoms. The van der Waals surface area contributed by atoms with Crippen LogP contribution < -0.4 is 5.32 Å². The molecule has 0 aliphatic carbocycles. The number of carbonyl (C=O) groups is 1. The summed E-state index contributed by atoms with van der Waals surface area (Å²) < 4.78 is 5.32. The van der Waals surface area contributed by atoms with E-state index in [1.807, 2.05) is 0 Å². The molecule has 2 aliphatic heterocycles. The van der Waals surface area contributed by atoms with Gasteiger partial charge in [-0.25, -0.2) is 0 Å². The van der Waals surface area contributed by atoms with Gasteiger partial charge in [0.25, 0.3) is 0 Å². The van der Waals surface area contributed by atoms with Crippen LogP contribution in [-0.4, -0.2) is 50.2 Å². The van der Waals surface area contributed by atoms with Gasteiger partial charge < -0.3 is 15.0 Å². The molecule has 2 saturated heterocycles. The summed E-state index contributed by atoms with van der Waals surface area (Å²) in [6, 6.07) is 10.8. The van der Waals surface area contributed by atoms with Crippen LogP contribution in [0, 0.1) is 5.92 Å². The van der Waals surface area contributed by atoms with E-state index in [2.05, 4.69) is 40.5 Å². The average molecular weight is 316 g/mol. The molecule has 0 radical (unpaired) electrons. The first-order chi connectivity index (χ1) is 11.3. The first-order valence-corrected chi connectivity index (χ1v) is 8.95. The van der Waals surface area contributed by atoms with Crippen molar-refractivity contribution in [3.8, 4) is 0 Å².